The molecule has 0 aromatic heterocycles. The Morgan fingerprint density at radius 2 is 1.82 bits per heavy atom. The Morgan fingerprint density at radius 1 is 1.18 bits per heavy atom. The molecule has 184 valence electrons. The van der Waals surface area contributed by atoms with Crippen molar-refractivity contribution in [3.8, 4) is 0 Å². The summed E-state index contributed by atoms with van der Waals surface area (Å²) in [7, 11) is 0. The van der Waals surface area contributed by atoms with E-state index in [1.54, 1.807) is 24.0 Å². The first kappa shape index (κ1) is 24.4. The molecule has 1 saturated heterocycles. The summed E-state index contributed by atoms with van der Waals surface area (Å²) < 4.78 is 5.90. The van der Waals surface area contributed by atoms with Crippen LogP contribution in [0.4, 0.5) is 4.79 Å². The van der Waals surface area contributed by atoms with Gasteiger partial charge in [0.25, 0.3) is 0 Å². The average molecular weight is 462 g/mol. The van der Waals surface area contributed by atoms with Crippen LogP contribution in [0.2, 0.25) is 0 Å². The van der Waals surface area contributed by atoms with Crippen molar-refractivity contribution >= 4 is 11.9 Å². The maximum absolute atomic E-state index is 14.3. The summed E-state index contributed by atoms with van der Waals surface area (Å²) in [5, 5.41) is 34.1. The van der Waals surface area contributed by atoms with Crippen LogP contribution in [0.5, 0.6) is 0 Å². The number of rotatable bonds is 2. The lowest BCUT2D eigenvalue weighted by Crippen LogP contribution is -2.66. The second-order valence-electron chi connectivity index (χ2n) is 11.4. The predicted octanol–water partition coefficient (Wildman–Crippen LogP) is 2.84. The minimum atomic E-state index is -2.09. The molecular weight excluding hydrogens is 422 g/mol. The van der Waals surface area contributed by atoms with Gasteiger partial charge in [0.15, 0.2) is 17.5 Å². The largest absolute Gasteiger partial charge is 0.438 e. The molecule has 2 bridgehead atoms. The first-order valence-corrected chi connectivity index (χ1v) is 12.3. The standard InChI is InChI=1S/C26H39NO6/c1-15-13-25-17(3)11-16(2)24(4,5)19(21(25)30)12-18(14-28)20(29)26(25,32)22(15)33-23(31)27-9-7-6-8-10-27/h12-13,16-17,19-20,22,28-29,32H,6-11,14H2,1-5H3/t16-,17+,19+,20+,22-,25-,26-/m0/s1. The Bertz CT molecular complexity index is 887. The molecule has 33 heavy (non-hydrogen) atoms. The molecule has 4 rings (SSSR count). The molecule has 0 unspecified atom stereocenters. The fourth-order valence-corrected chi connectivity index (χ4v) is 6.91. The summed E-state index contributed by atoms with van der Waals surface area (Å²) in [4.78, 5) is 29.0. The fraction of sp³-hybridized carbons (Fsp3) is 0.769. The van der Waals surface area contributed by atoms with Crippen LogP contribution in [0, 0.1) is 28.6 Å². The lowest BCUT2D eigenvalue weighted by Gasteiger charge is -2.48. The van der Waals surface area contributed by atoms with Gasteiger partial charge in [0.1, 0.15) is 6.10 Å². The molecule has 1 heterocycles. The highest BCUT2D eigenvalue weighted by Crippen LogP contribution is 2.62. The van der Waals surface area contributed by atoms with Crippen LogP contribution < -0.4 is 0 Å². The van der Waals surface area contributed by atoms with Crippen molar-refractivity contribution < 1.29 is 29.6 Å². The van der Waals surface area contributed by atoms with Gasteiger partial charge in [-0.1, -0.05) is 39.8 Å². The van der Waals surface area contributed by atoms with Crippen LogP contribution in [0.15, 0.2) is 23.3 Å². The number of carbonyl (C=O) groups is 2. The summed E-state index contributed by atoms with van der Waals surface area (Å²) in [6, 6.07) is 0. The molecule has 7 atom stereocenters. The molecule has 4 aliphatic rings. The number of nitrogens with zero attached hydrogens (tertiary/aromatic N) is 1. The summed E-state index contributed by atoms with van der Waals surface area (Å²) in [5.74, 6) is -0.918. The van der Waals surface area contributed by atoms with Crippen LogP contribution in [-0.4, -0.2) is 69.6 Å². The van der Waals surface area contributed by atoms with E-state index < -0.39 is 47.3 Å². The monoisotopic (exact) mass is 461 g/mol. The minimum absolute atomic E-state index is 0.153. The molecule has 2 fully saturated rings. The summed E-state index contributed by atoms with van der Waals surface area (Å²) in [6.45, 7) is 10.6. The highest BCUT2D eigenvalue weighted by molar-refractivity contribution is 5.95. The molecule has 0 radical (unpaired) electrons. The highest BCUT2D eigenvalue weighted by atomic mass is 16.6. The molecule has 1 amide bonds. The van der Waals surface area contributed by atoms with Crippen molar-refractivity contribution in [1.29, 1.82) is 0 Å². The number of hydrogen-bond donors (Lipinski definition) is 3. The van der Waals surface area contributed by atoms with Crippen molar-refractivity contribution in [2.45, 2.75) is 78.1 Å². The molecule has 1 saturated carbocycles. The normalized spacial score (nSPS) is 42.6. The number of allylic oxidation sites excluding steroid dienone is 1. The number of piperidine rings is 1. The van der Waals surface area contributed by atoms with Crippen molar-refractivity contribution in [1.82, 2.24) is 4.90 Å². The van der Waals surface area contributed by atoms with E-state index in [0.717, 1.165) is 19.3 Å². The Balaban J connectivity index is 1.85. The van der Waals surface area contributed by atoms with E-state index in [4.69, 9.17) is 4.74 Å². The van der Waals surface area contributed by atoms with Crippen molar-refractivity contribution in [2.24, 2.45) is 28.6 Å². The Kier molecular flexibility index (Phi) is 6.07. The lowest BCUT2D eigenvalue weighted by molar-refractivity contribution is -0.190. The smallest absolute Gasteiger partial charge is 0.410 e. The quantitative estimate of drug-likeness (QED) is 0.546. The van der Waals surface area contributed by atoms with Gasteiger partial charge in [0.05, 0.1) is 12.0 Å². The van der Waals surface area contributed by atoms with Crippen LogP contribution in [0.25, 0.3) is 0 Å². The molecule has 1 aliphatic heterocycles. The van der Waals surface area contributed by atoms with Gasteiger partial charge in [0.2, 0.25) is 0 Å². The first-order chi connectivity index (χ1) is 15.4. The number of hydrogen-bond acceptors (Lipinski definition) is 6. The summed E-state index contributed by atoms with van der Waals surface area (Å²) in [6.07, 6.45) is 3.67. The Hall–Kier alpha value is -1.70. The molecular formula is C26H39NO6. The second kappa shape index (κ2) is 8.21. The number of ketones is 1. The van der Waals surface area contributed by atoms with Gasteiger partial charge in [-0.3, -0.25) is 4.79 Å². The third-order valence-corrected chi connectivity index (χ3v) is 9.34. The van der Waals surface area contributed by atoms with Gasteiger partial charge in [-0.2, -0.15) is 0 Å². The van der Waals surface area contributed by atoms with Crippen molar-refractivity contribution in [3.63, 3.8) is 0 Å². The van der Waals surface area contributed by atoms with E-state index in [1.165, 1.54) is 0 Å². The Labute approximate surface area is 196 Å². The van der Waals surface area contributed by atoms with Crippen molar-refractivity contribution in [2.75, 3.05) is 19.7 Å². The van der Waals surface area contributed by atoms with E-state index in [-0.39, 0.29) is 23.2 Å². The molecule has 7 heteroatoms. The minimum Gasteiger partial charge on any atom is -0.438 e. The number of aliphatic hydroxyl groups is 3. The summed E-state index contributed by atoms with van der Waals surface area (Å²) in [5.41, 5.74) is -3.20. The van der Waals surface area contributed by atoms with Gasteiger partial charge in [-0.05, 0) is 61.0 Å². The molecule has 0 aromatic carbocycles. The lowest BCUT2D eigenvalue weighted by atomic mass is 9.59. The van der Waals surface area contributed by atoms with E-state index >= 15 is 0 Å². The van der Waals surface area contributed by atoms with Crippen molar-refractivity contribution in [3.05, 3.63) is 23.3 Å². The van der Waals surface area contributed by atoms with Gasteiger partial charge in [-0.25, -0.2) is 4.79 Å². The fourth-order valence-electron chi connectivity index (χ4n) is 6.91. The highest BCUT2D eigenvalue weighted by Gasteiger charge is 2.73. The van der Waals surface area contributed by atoms with E-state index in [9.17, 15) is 24.9 Å². The van der Waals surface area contributed by atoms with E-state index in [0.29, 0.717) is 25.1 Å². The first-order valence-electron chi connectivity index (χ1n) is 12.3. The number of aliphatic hydroxyl groups excluding tert-OH is 2. The number of amides is 1. The van der Waals surface area contributed by atoms with Crippen LogP contribution >= 0.6 is 0 Å². The third kappa shape index (κ3) is 3.26. The number of likely N-dealkylation sites (tertiary alicyclic amines) is 1. The molecule has 1 spiro atoms. The molecule has 3 aliphatic carbocycles. The van der Waals surface area contributed by atoms with Crippen LogP contribution in [0.1, 0.15) is 60.3 Å². The molecule has 3 N–H and O–H groups in total. The molecule has 7 nitrogen and oxygen atoms in total. The van der Waals surface area contributed by atoms with Crippen LogP contribution in [0.3, 0.4) is 0 Å². The zero-order valence-corrected chi connectivity index (χ0v) is 20.5. The maximum atomic E-state index is 14.3. The topological polar surface area (TPSA) is 107 Å². The van der Waals surface area contributed by atoms with E-state index in [1.807, 2.05) is 20.8 Å². The number of Topliss-reactive ketones (excluding diaryl/α,β-unsaturated/α-hetero) is 1. The molecule has 0 aromatic rings. The zero-order valence-electron chi connectivity index (χ0n) is 20.5. The zero-order chi connectivity index (χ0) is 24.3. The predicted molar refractivity (Wildman–Crippen MR) is 123 cm³/mol. The maximum Gasteiger partial charge on any atom is 0.410 e. The van der Waals surface area contributed by atoms with Gasteiger partial charge in [-0.15, -0.1) is 0 Å². The van der Waals surface area contributed by atoms with Crippen LogP contribution in [-0.2, 0) is 9.53 Å². The van der Waals surface area contributed by atoms with Gasteiger partial charge in [0, 0.05) is 19.0 Å². The Morgan fingerprint density at radius 3 is 2.42 bits per heavy atom. The second-order valence-corrected chi connectivity index (χ2v) is 11.4. The summed E-state index contributed by atoms with van der Waals surface area (Å²) >= 11 is 0. The number of fused-ring (bicyclic) bond motifs is 1. The van der Waals surface area contributed by atoms with E-state index in [2.05, 4.69) is 6.92 Å². The van der Waals surface area contributed by atoms with Gasteiger partial charge < -0.3 is 25.0 Å². The number of carbonyl (C=O) groups excluding carboxylic acids is 2. The SMILES string of the molecule is CC1=C[C@]23C(=O)[C@@H](C=C(CO)[C@@H](O)[C@]2(O)[C@H]1OC(=O)N1CCCCC1)C(C)(C)[C@@H](C)C[C@H]3C. The van der Waals surface area contributed by atoms with Gasteiger partial charge >= 0.3 is 6.09 Å². The third-order valence-electron chi connectivity index (χ3n) is 9.34. The number of ether oxygens (including phenoxy) is 1. The average Bonchev–Trinajstić information content (AvgIpc) is 2.95.